The van der Waals surface area contributed by atoms with Gasteiger partial charge in [-0.1, -0.05) is 6.92 Å². The Labute approximate surface area is 61.4 Å². The van der Waals surface area contributed by atoms with E-state index in [2.05, 4.69) is 12.2 Å². The van der Waals surface area contributed by atoms with Crippen molar-refractivity contribution in [2.45, 2.75) is 13.0 Å². The van der Waals surface area contributed by atoms with Crippen LogP contribution in [0.2, 0.25) is 0 Å². The first-order valence-electron chi connectivity index (χ1n) is 3.76. The summed E-state index contributed by atoms with van der Waals surface area (Å²) in [6, 6.07) is 0. The van der Waals surface area contributed by atoms with Crippen LogP contribution < -0.4 is 5.32 Å². The fourth-order valence-corrected chi connectivity index (χ4v) is 1.03. The van der Waals surface area contributed by atoms with Crippen molar-refractivity contribution in [3.8, 4) is 0 Å². The highest BCUT2D eigenvalue weighted by atomic mass is 16.5. The Morgan fingerprint density at radius 2 is 2.40 bits per heavy atom. The van der Waals surface area contributed by atoms with Crippen molar-refractivity contribution in [2.24, 2.45) is 5.92 Å². The lowest BCUT2D eigenvalue weighted by atomic mass is 10.2. The van der Waals surface area contributed by atoms with Crippen LogP contribution in [0.25, 0.3) is 0 Å². The van der Waals surface area contributed by atoms with Crippen molar-refractivity contribution in [1.29, 1.82) is 0 Å². The average Bonchev–Trinajstić information content (AvgIpc) is 2.14. The van der Waals surface area contributed by atoms with Crippen LogP contribution in [-0.4, -0.2) is 37.5 Å². The Hall–Kier alpha value is -0.120. The molecule has 1 fully saturated rings. The second kappa shape index (κ2) is 3.91. The van der Waals surface area contributed by atoms with Crippen LogP contribution in [0, 0.1) is 5.92 Å². The van der Waals surface area contributed by atoms with E-state index in [1.54, 1.807) is 0 Å². The van der Waals surface area contributed by atoms with Gasteiger partial charge in [0.25, 0.3) is 0 Å². The summed E-state index contributed by atoms with van der Waals surface area (Å²) in [4.78, 5) is 0. The number of aliphatic hydroxyl groups excluding tert-OH is 1. The summed E-state index contributed by atoms with van der Waals surface area (Å²) in [6.07, 6.45) is 0.00458. The van der Waals surface area contributed by atoms with Gasteiger partial charge < -0.3 is 15.2 Å². The highest BCUT2D eigenvalue weighted by Crippen LogP contribution is 2.01. The molecule has 1 rings (SSSR count). The first-order chi connectivity index (χ1) is 4.83. The smallest absolute Gasteiger partial charge is 0.0929 e. The van der Waals surface area contributed by atoms with Crippen molar-refractivity contribution in [3.05, 3.63) is 0 Å². The van der Waals surface area contributed by atoms with Gasteiger partial charge in [-0.05, 0) is 12.5 Å². The molecule has 0 aromatic rings. The Morgan fingerprint density at radius 3 is 3.10 bits per heavy atom. The molecule has 10 heavy (non-hydrogen) atoms. The monoisotopic (exact) mass is 145 g/mol. The largest absolute Gasteiger partial charge is 0.394 e. The molecule has 1 aliphatic heterocycles. The van der Waals surface area contributed by atoms with Crippen LogP contribution in [0.3, 0.4) is 0 Å². The van der Waals surface area contributed by atoms with E-state index in [0.717, 1.165) is 19.7 Å². The fraction of sp³-hybridized carbons (Fsp3) is 1.00. The molecule has 0 saturated carbocycles. The highest BCUT2D eigenvalue weighted by molar-refractivity contribution is 4.67. The van der Waals surface area contributed by atoms with E-state index >= 15 is 0 Å². The second-order valence-electron chi connectivity index (χ2n) is 2.90. The summed E-state index contributed by atoms with van der Waals surface area (Å²) < 4.78 is 5.35. The number of rotatable bonds is 1. The third-order valence-electron chi connectivity index (χ3n) is 1.68. The molecule has 2 atom stereocenters. The van der Waals surface area contributed by atoms with Gasteiger partial charge in [0.15, 0.2) is 0 Å². The first-order valence-corrected chi connectivity index (χ1v) is 3.76. The van der Waals surface area contributed by atoms with Gasteiger partial charge in [0, 0.05) is 6.54 Å². The van der Waals surface area contributed by atoms with Crippen molar-refractivity contribution in [2.75, 3.05) is 26.3 Å². The molecule has 1 saturated heterocycles. The average molecular weight is 145 g/mol. The third kappa shape index (κ3) is 2.25. The zero-order valence-electron chi connectivity index (χ0n) is 6.34. The lowest BCUT2D eigenvalue weighted by Crippen LogP contribution is -2.29. The van der Waals surface area contributed by atoms with Gasteiger partial charge in [-0.2, -0.15) is 0 Å². The molecular weight excluding hydrogens is 130 g/mol. The molecule has 1 heterocycles. The van der Waals surface area contributed by atoms with E-state index in [0.29, 0.717) is 5.92 Å². The van der Waals surface area contributed by atoms with Gasteiger partial charge >= 0.3 is 0 Å². The molecule has 3 heteroatoms. The molecule has 0 aromatic carbocycles. The molecular formula is C7H15NO2. The van der Waals surface area contributed by atoms with Gasteiger partial charge in [-0.15, -0.1) is 0 Å². The van der Waals surface area contributed by atoms with E-state index in [-0.39, 0.29) is 12.7 Å². The molecule has 60 valence electrons. The summed E-state index contributed by atoms with van der Waals surface area (Å²) in [6.45, 7) is 4.79. The molecule has 0 bridgehead atoms. The summed E-state index contributed by atoms with van der Waals surface area (Å²) in [7, 11) is 0. The maximum absolute atomic E-state index is 8.74. The fourth-order valence-electron chi connectivity index (χ4n) is 1.03. The summed E-state index contributed by atoms with van der Waals surface area (Å²) >= 11 is 0. The Balaban J connectivity index is 2.26. The summed E-state index contributed by atoms with van der Waals surface area (Å²) in [5.74, 6) is 0.566. The Kier molecular flexibility index (Phi) is 3.12. The Bertz CT molecular complexity index is 97.6. The minimum atomic E-state index is 0.00458. The highest BCUT2D eigenvalue weighted by Gasteiger charge is 2.14. The van der Waals surface area contributed by atoms with E-state index < -0.39 is 0 Å². The van der Waals surface area contributed by atoms with Crippen LogP contribution in [0.15, 0.2) is 0 Å². The van der Waals surface area contributed by atoms with Crippen molar-refractivity contribution < 1.29 is 9.84 Å². The molecule has 2 N–H and O–H groups in total. The van der Waals surface area contributed by atoms with Crippen molar-refractivity contribution in [3.63, 3.8) is 0 Å². The lowest BCUT2D eigenvalue weighted by molar-refractivity contribution is 0.0144. The predicted octanol–water partition coefficient (Wildman–Crippen LogP) is -0.397. The normalized spacial score (nSPS) is 35.4. The topological polar surface area (TPSA) is 41.5 Å². The van der Waals surface area contributed by atoms with E-state index in [4.69, 9.17) is 9.84 Å². The van der Waals surface area contributed by atoms with Gasteiger partial charge in [0.05, 0.1) is 19.3 Å². The van der Waals surface area contributed by atoms with Crippen LogP contribution in [-0.2, 0) is 4.74 Å². The number of ether oxygens (including phenoxy) is 1. The van der Waals surface area contributed by atoms with Crippen molar-refractivity contribution >= 4 is 0 Å². The maximum atomic E-state index is 8.74. The van der Waals surface area contributed by atoms with Crippen molar-refractivity contribution in [1.82, 2.24) is 5.32 Å². The quantitative estimate of drug-likeness (QED) is 0.527. The zero-order valence-corrected chi connectivity index (χ0v) is 6.34. The first kappa shape index (κ1) is 7.98. The molecule has 0 radical (unpaired) electrons. The second-order valence-corrected chi connectivity index (χ2v) is 2.90. The zero-order chi connectivity index (χ0) is 7.40. The number of hydrogen-bond acceptors (Lipinski definition) is 3. The van der Waals surface area contributed by atoms with E-state index in [1.165, 1.54) is 0 Å². The lowest BCUT2D eigenvalue weighted by Gasteiger charge is -2.10. The van der Waals surface area contributed by atoms with E-state index in [1.807, 2.05) is 0 Å². The van der Waals surface area contributed by atoms with Gasteiger partial charge in [0.1, 0.15) is 0 Å². The molecule has 0 amide bonds. The minimum Gasteiger partial charge on any atom is -0.394 e. The molecule has 0 unspecified atom stereocenters. The summed E-state index contributed by atoms with van der Waals surface area (Å²) in [5, 5.41) is 12.0. The van der Waals surface area contributed by atoms with Gasteiger partial charge in [-0.3, -0.25) is 0 Å². The number of hydrogen-bond donors (Lipinski definition) is 2. The maximum Gasteiger partial charge on any atom is 0.0929 e. The standard InChI is InChI=1S/C7H15NO2/c1-6-2-8-3-7(4-9)10-5-6/h6-9H,2-5H2,1H3/t6-,7+/m0/s1. The third-order valence-corrected chi connectivity index (χ3v) is 1.68. The van der Waals surface area contributed by atoms with Crippen LogP contribution in [0.1, 0.15) is 6.92 Å². The molecule has 0 aromatic heterocycles. The van der Waals surface area contributed by atoms with Crippen LogP contribution >= 0.6 is 0 Å². The number of nitrogens with one attached hydrogen (secondary N) is 1. The van der Waals surface area contributed by atoms with E-state index in [9.17, 15) is 0 Å². The molecule has 0 spiro atoms. The van der Waals surface area contributed by atoms with Crippen LogP contribution in [0.5, 0.6) is 0 Å². The summed E-state index contributed by atoms with van der Waals surface area (Å²) in [5.41, 5.74) is 0. The predicted molar refractivity (Wildman–Crippen MR) is 38.9 cm³/mol. The molecule has 0 aliphatic carbocycles. The SMILES string of the molecule is C[C@H]1CNC[C@H](CO)OC1. The minimum absolute atomic E-state index is 0.00458. The molecule has 1 aliphatic rings. The molecule has 3 nitrogen and oxygen atoms in total. The van der Waals surface area contributed by atoms with Crippen LogP contribution in [0.4, 0.5) is 0 Å². The number of aliphatic hydroxyl groups is 1. The van der Waals surface area contributed by atoms with Gasteiger partial charge in [-0.25, -0.2) is 0 Å². The van der Waals surface area contributed by atoms with Gasteiger partial charge in [0.2, 0.25) is 0 Å². The Morgan fingerprint density at radius 1 is 1.60 bits per heavy atom.